The molecule has 0 amide bonds. The lowest BCUT2D eigenvalue weighted by Crippen LogP contribution is -2.40. The summed E-state index contributed by atoms with van der Waals surface area (Å²) in [6.07, 6.45) is 16.0. The van der Waals surface area contributed by atoms with Gasteiger partial charge in [-0.3, -0.25) is 4.79 Å². The fourth-order valence-corrected chi connectivity index (χ4v) is 6.90. The molecule has 3 fully saturated rings. The fourth-order valence-electron chi connectivity index (χ4n) is 6.90. The van der Waals surface area contributed by atoms with Gasteiger partial charge in [0, 0.05) is 0 Å². The lowest BCUT2D eigenvalue weighted by atomic mass is 9.59. The van der Waals surface area contributed by atoms with E-state index in [1.54, 1.807) is 6.07 Å². The Bertz CT molecular complexity index is 900. The van der Waals surface area contributed by atoms with Crippen molar-refractivity contribution >= 4 is 5.97 Å². The molecular weight excluding hydrogens is 420 g/mol. The largest absolute Gasteiger partial charge is 0.423 e. The van der Waals surface area contributed by atoms with Crippen molar-refractivity contribution in [1.82, 2.24) is 0 Å². The molecule has 0 heterocycles. The van der Waals surface area contributed by atoms with Crippen molar-refractivity contribution < 1.29 is 18.3 Å². The maximum absolute atomic E-state index is 14.3. The monoisotopic (exact) mass is 455 g/mol. The summed E-state index contributed by atoms with van der Waals surface area (Å²) < 4.78 is 33.5. The van der Waals surface area contributed by atoms with Crippen molar-refractivity contribution in [2.75, 3.05) is 0 Å². The number of fused-ring (bicyclic) bond motifs is 1. The Morgan fingerprint density at radius 3 is 2.52 bits per heavy atom. The molecule has 3 saturated carbocycles. The maximum Gasteiger partial charge on any atom is 0.314 e. The second-order valence-corrected chi connectivity index (χ2v) is 10.5. The number of nitriles is 1. The molecule has 3 aliphatic rings. The Morgan fingerprint density at radius 2 is 1.79 bits per heavy atom. The van der Waals surface area contributed by atoms with Crippen molar-refractivity contribution in [3.05, 3.63) is 42.0 Å². The van der Waals surface area contributed by atoms with Gasteiger partial charge in [0.1, 0.15) is 6.07 Å². The van der Waals surface area contributed by atoms with Crippen LogP contribution in [-0.2, 0) is 4.79 Å². The van der Waals surface area contributed by atoms with Crippen LogP contribution in [0.5, 0.6) is 5.75 Å². The van der Waals surface area contributed by atoms with Gasteiger partial charge < -0.3 is 4.74 Å². The molecule has 0 N–H and O–H groups in total. The van der Waals surface area contributed by atoms with E-state index in [0.717, 1.165) is 62.3 Å². The Hall–Kier alpha value is -2.22. The van der Waals surface area contributed by atoms with Gasteiger partial charge in [-0.15, -0.1) is 6.58 Å². The second kappa shape index (κ2) is 10.8. The molecule has 0 aromatic heterocycles. The van der Waals surface area contributed by atoms with Crippen LogP contribution in [0.1, 0.15) is 82.6 Å². The summed E-state index contributed by atoms with van der Waals surface area (Å²) in [5.41, 5.74) is -0.391. The van der Waals surface area contributed by atoms with Gasteiger partial charge in [-0.2, -0.15) is 9.65 Å². The van der Waals surface area contributed by atoms with Gasteiger partial charge in [0.25, 0.3) is 0 Å². The summed E-state index contributed by atoms with van der Waals surface area (Å²) in [7, 11) is 0. The Morgan fingerprint density at radius 1 is 1.03 bits per heavy atom. The molecule has 4 rings (SSSR count). The second-order valence-electron chi connectivity index (χ2n) is 10.5. The normalized spacial score (nSPS) is 31.8. The summed E-state index contributed by atoms with van der Waals surface area (Å²) in [4.78, 5) is 13.0. The van der Waals surface area contributed by atoms with E-state index in [1.165, 1.54) is 44.6 Å². The predicted molar refractivity (Wildman–Crippen MR) is 123 cm³/mol. The van der Waals surface area contributed by atoms with Gasteiger partial charge in [0.15, 0.2) is 11.6 Å². The highest BCUT2D eigenvalue weighted by Gasteiger charge is 2.43. The highest BCUT2D eigenvalue weighted by molar-refractivity contribution is 5.75. The average Bonchev–Trinajstić information content (AvgIpc) is 2.85. The predicted octanol–water partition coefficient (Wildman–Crippen LogP) is 7.35. The highest BCUT2D eigenvalue weighted by Crippen LogP contribution is 2.50. The molecule has 0 radical (unpaired) electrons. The lowest BCUT2D eigenvalue weighted by molar-refractivity contribution is -0.144. The van der Waals surface area contributed by atoms with Gasteiger partial charge >= 0.3 is 5.97 Å². The topological polar surface area (TPSA) is 50.1 Å². The number of carbonyl (C=O) groups excluding carboxylic acids is 1. The molecule has 4 unspecified atom stereocenters. The van der Waals surface area contributed by atoms with Gasteiger partial charge in [0.05, 0.1) is 11.5 Å². The molecule has 0 bridgehead atoms. The Labute approximate surface area is 196 Å². The minimum absolute atomic E-state index is 0.252. The molecule has 0 aliphatic heterocycles. The van der Waals surface area contributed by atoms with Crippen molar-refractivity contribution in [1.29, 1.82) is 5.26 Å². The number of hydrogen-bond acceptors (Lipinski definition) is 3. The zero-order chi connectivity index (χ0) is 23.4. The van der Waals surface area contributed by atoms with E-state index >= 15 is 0 Å². The van der Waals surface area contributed by atoms with E-state index in [9.17, 15) is 13.6 Å². The molecule has 1 aromatic carbocycles. The number of benzene rings is 1. The first-order chi connectivity index (χ1) is 16.0. The van der Waals surface area contributed by atoms with Gasteiger partial charge in [-0.05, 0) is 93.1 Å². The van der Waals surface area contributed by atoms with E-state index in [0.29, 0.717) is 5.92 Å². The first-order valence-electron chi connectivity index (χ1n) is 12.7. The van der Waals surface area contributed by atoms with Crippen LogP contribution in [0, 0.1) is 58.5 Å². The average molecular weight is 456 g/mol. The third-order valence-corrected chi connectivity index (χ3v) is 8.71. The van der Waals surface area contributed by atoms with Crippen LogP contribution >= 0.6 is 0 Å². The van der Waals surface area contributed by atoms with Crippen LogP contribution in [0.3, 0.4) is 0 Å². The SMILES string of the molecule is C=CCCC1CCC(C2CCC3C(CCCC3C(=O)Oc3ccc(C#N)c(F)c3F)C2)CC1. The zero-order valence-corrected chi connectivity index (χ0v) is 19.4. The Balaban J connectivity index is 1.34. The van der Waals surface area contributed by atoms with Crippen LogP contribution in [0.25, 0.3) is 0 Å². The number of hydrogen-bond donors (Lipinski definition) is 0. The molecule has 1 aromatic rings. The molecule has 5 heteroatoms. The number of carbonyl (C=O) groups is 1. The summed E-state index contributed by atoms with van der Waals surface area (Å²) in [5, 5.41) is 8.84. The third kappa shape index (κ3) is 5.31. The number of esters is 1. The van der Waals surface area contributed by atoms with Gasteiger partial charge in [-0.1, -0.05) is 31.8 Å². The first kappa shape index (κ1) is 23.9. The minimum atomic E-state index is -1.26. The van der Waals surface area contributed by atoms with Crippen molar-refractivity contribution in [2.45, 2.75) is 77.0 Å². The molecule has 0 spiro atoms. The van der Waals surface area contributed by atoms with Crippen molar-refractivity contribution in [2.24, 2.45) is 35.5 Å². The van der Waals surface area contributed by atoms with Crippen LogP contribution < -0.4 is 4.74 Å². The number of halogens is 2. The molecule has 33 heavy (non-hydrogen) atoms. The molecule has 3 aliphatic carbocycles. The highest BCUT2D eigenvalue weighted by atomic mass is 19.2. The Kier molecular flexibility index (Phi) is 7.83. The summed E-state index contributed by atoms with van der Waals surface area (Å²) in [5.74, 6) is -0.413. The van der Waals surface area contributed by atoms with E-state index < -0.39 is 28.9 Å². The van der Waals surface area contributed by atoms with E-state index in [2.05, 4.69) is 6.58 Å². The molecule has 0 saturated heterocycles. The van der Waals surface area contributed by atoms with Crippen molar-refractivity contribution in [3.63, 3.8) is 0 Å². The smallest absolute Gasteiger partial charge is 0.314 e. The number of nitrogens with zero attached hydrogens (tertiary/aromatic N) is 1. The number of rotatable bonds is 6. The van der Waals surface area contributed by atoms with E-state index in [-0.39, 0.29) is 11.8 Å². The first-order valence-corrected chi connectivity index (χ1v) is 12.7. The molecule has 4 atom stereocenters. The molecule has 178 valence electrons. The quantitative estimate of drug-likeness (QED) is 0.256. The third-order valence-electron chi connectivity index (χ3n) is 8.71. The minimum Gasteiger partial charge on any atom is -0.423 e. The molecule has 3 nitrogen and oxygen atoms in total. The van der Waals surface area contributed by atoms with E-state index in [1.807, 2.05) is 6.08 Å². The van der Waals surface area contributed by atoms with Crippen LogP contribution in [0.15, 0.2) is 24.8 Å². The van der Waals surface area contributed by atoms with E-state index in [4.69, 9.17) is 10.00 Å². The van der Waals surface area contributed by atoms with Crippen molar-refractivity contribution in [3.8, 4) is 11.8 Å². The van der Waals surface area contributed by atoms with Gasteiger partial charge in [-0.25, -0.2) is 4.39 Å². The summed E-state index contributed by atoms with van der Waals surface area (Å²) in [6.45, 7) is 3.85. The fraction of sp³-hybridized carbons (Fsp3) is 0.643. The number of ether oxygens (including phenoxy) is 1. The van der Waals surface area contributed by atoms with Gasteiger partial charge in [0.2, 0.25) is 5.82 Å². The molecular formula is C28H35F2NO2. The standard InChI is InChI=1S/C28H35F2NO2/c1-2-3-5-18-8-10-19(11-9-18)20-12-14-23-21(16-20)6-4-7-24(23)28(32)33-25-15-13-22(17-31)26(29)27(25)30/h2,13,15,18-21,23-24H,1,3-12,14,16H2. The van der Waals surface area contributed by atoms with Crippen LogP contribution in [-0.4, -0.2) is 5.97 Å². The van der Waals surface area contributed by atoms with Crippen LogP contribution in [0.4, 0.5) is 8.78 Å². The number of allylic oxidation sites excluding steroid dienone is 1. The van der Waals surface area contributed by atoms with Crippen LogP contribution in [0.2, 0.25) is 0 Å². The lowest BCUT2D eigenvalue weighted by Gasteiger charge is -2.46. The summed E-state index contributed by atoms with van der Waals surface area (Å²) in [6, 6.07) is 3.93. The zero-order valence-electron chi connectivity index (χ0n) is 19.4. The maximum atomic E-state index is 14.3. The summed E-state index contributed by atoms with van der Waals surface area (Å²) >= 11 is 0.